The van der Waals surface area contributed by atoms with Gasteiger partial charge < -0.3 is 14.0 Å². The number of methoxy groups -OCH3 is 1. The summed E-state index contributed by atoms with van der Waals surface area (Å²) in [6, 6.07) is 3.71. The Hall–Kier alpha value is -1.07. The molecule has 0 N–H and O–H groups in total. The lowest BCUT2D eigenvalue weighted by atomic mass is 9.80. The predicted molar refractivity (Wildman–Crippen MR) is 73.2 cm³/mol. The average Bonchev–Trinajstić information content (AvgIpc) is 2.66. The maximum atomic E-state index is 5.84. The van der Waals surface area contributed by atoms with Crippen LogP contribution in [0.1, 0.15) is 34.6 Å². The summed E-state index contributed by atoms with van der Waals surface area (Å²) >= 11 is 0. The standard InChI is InChI=1S/C11H16BNO3.C2H6/c1-8-11(2,3)16-12(15-8)9-5-6-13-10(7-9)14-4;1-2/h5-8H,1-4H3;1-2H3. The minimum atomic E-state index is -0.332. The molecule has 0 amide bonds. The van der Waals surface area contributed by atoms with Gasteiger partial charge in [-0.25, -0.2) is 4.98 Å². The van der Waals surface area contributed by atoms with Gasteiger partial charge in [-0.15, -0.1) is 0 Å². The summed E-state index contributed by atoms with van der Waals surface area (Å²) in [4.78, 5) is 4.05. The van der Waals surface area contributed by atoms with Gasteiger partial charge in [-0.05, 0) is 32.3 Å². The Bertz CT molecular complexity index is 384. The molecule has 1 aliphatic heterocycles. The number of rotatable bonds is 2. The quantitative estimate of drug-likeness (QED) is 0.754. The highest BCUT2D eigenvalue weighted by atomic mass is 16.7. The lowest BCUT2D eigenvalue weighted by Gasteiger charge is -2.21. The van der Waals surface area contributed by atoms with E-state index in [4.69, 9.17) is 14.0 Å². The van der Waals surface area contributed by atoms with Crippen LogP contribution in [0.2, 0.25) is 0 Å². The van der Waals surface area contributed by atoms with Crippen molar-refractivity contribution < 1.29 is 14.0 Å². The van der Waals surface area contributed by atoms with E-state index >= 15 is 0 Å². The van der Waals surface area contributed by atoms with Crippen LogP contribution in [0.15, 0.2) is 18.3 Å². The molecule has 0 spiro atoms. The summed E-state index contributed by atoms with van der Waals surface area (Å²) < 4.78 is 16.7. The molecule has 0 aromatic carbocycles. The number of pyridine rings is 1. The van der Waals surface area contributed by atoms with Gasteiger partial charge in [-0.2, -0.15) is 0 Å². The van der Waals surface area contributed by atoms with Crippen molar-refractivity contribution in [1.82, 2.24) is 4.98 Å². The van der Waals surface area contributed by atoms with E-state index in [9.17, 15) is 0 Å². The maximum Gasteiger partial charge on any atom is 0.494 e. The Balaban J connectivity index is 0.000000771. The number of hydrogen-bond donors (Lipinski definition) is 0. The monoisotopic (exact) mass is 251 g/mol. The fourth-order valence-electron chi connectivity index (χ4n) is 1.58. The van der Waals surface area contributed by atoms with Crippen molar-refractivity contribution in [2.75, 3.05) is 7.11 Å². The lowest BCUT2D eigenvalue weighted by Crippen LogP contribution is -2.34. The van der Waals surface area contributed by atoms with Gasteiger partial charge in [0.25, 0.3) is 0 Å². The van der Waals surface area contributed by atoms with E-state index in [0.717, 1.165) is 5.46 Å². The van der Waals surface area contributed by atoms with Crippen molar-refractivity contribution in [3.63, 3.8) is 0 Å². The third kappa shape index (κ3) is 3.24. The van der Waals surface area contributed by atoms with Crippen LogP contribution in [0.25, 0.3) is 0 Å². The van der Waals surface area contributed by atoms with E-state index < -0.39 is 0 Å². The van der Waals surface area contributed by atoms with Gasteiger partial charge in [0.2, 0.25) is 5.88 Å². The van der Waals surface area contributed by atoms with E-state index in [2.05, 4.69) is 4.98 Å². The van der Waals surface area contributed by atoms with Gasteiger partial charge >= 0.3 is 7.12 Å². The molecule has 1 fully saturated rings. The van der Waals surface area contributed by atoms with Gasteiger partial charge in [-0.3, -0.25) is 0 Å². The van der Waals surface area contributed by atoms with Gasteiger partial charge in [-0.1, -0.05) is 13.8 Å². The van der Waals surface area contributed by atoms with E-state index in [-0.39, 0.29) is 18.8 Å². The highest BCUT2D eigenvalue weighted by Crippen LogP contribution is 2.26. The zero-order chi connectivity index (χ0) is 13.8. The molecule has 2 rings (SSSR count). The molecule has 1 unspecified atom stereocenters. The number of aromatic nitrogens is 1. The Morgan fingerprint density at radius 2 is 2.06 bits per heavy atom. The fraction of sp³-hybridized carbons (Fsp3) is 0.615. The zero-order valence-electron chi connectivity index (χ0n) is 12.1. The zero-order valence-corrected chi connectivity index (χ0v) is 12.1. The normalized spacial score (nSPS) is 21.2. The van der Waals surface area contributed by atoms with E-state index in [1.807, 2.05) is 46.8 Å². The van der Waals surface area contributed by atoms with Gasteiger partial charge in [0, 0.05) is 12.3 Å². The summed E-state index contributed by atoms with van der Waals surface area (Å²) in [6.07, 6.45) is 1.76. The largest absolute Gasteiger partial charge is 0.494 e. The second-order valence-corrected chi connectivity index (χ2v) is 4.46. The van der Waals surface area contributed by atoms with Crippen molar-refractivity contribution >= 4 is 12.6 Å². The van der Waals surface area contributed by atoms with Crippen LogP contribution in [-0.4, -0.2) is 30.9 Å². The third-order valence-corrected chi connectivity index (χ3v) is 2.96. The van der Waals surface area contributed by atoms with Crippen molar-refractivity contribution in [2.45, 2.75) is 46.3 Å². The Kier molecular flexibility index (Phi) is 5.17. The molecule has 1 aromatic rings. The fourth-order valence-corrected chi connectivity index (χ4v) is 1.58. The average molecular weight is 251 g/mol. The topological polar surface area (TPSA) is 40.6 Å². The summed E-state index contributed by atoms with van der Waals surface area (Å²) in [5.74, 6) is 0.571. The lowest BCUT2D eigenvalue weighted by molar-refractivity contribution is 0.0842. The SMILES string of the molecule is CC.COc1cc(B2OC(C)C(C)(C)O2)ccn1. The van der Waals surface area contributed by atoms with Gasteiger partial charge in [0.1, 0.15) is 0 Å². The van der Waals surface area contributed by atoms with Crippen molar-refractivity contribution in [2.24, 2.45) is 0 Å². The summed E-state index contributed by atoms with van der Waals surface area (Å²) in [5.41, 5.74) is 0.672. The molecule has 100 valence electrons. The smallest absolute Gasteiger partial charge is 0.481 e. The molecule has 1 saturated heterocycles. The van der Waals surface area contributed by atoms with Crippen LogP contribution in [-0.2, 0) is 9.31 Å². The number of hydrogen-bond acceptors (Lipinski definition) is 4. The van der Waals surface area contributed by atoms with E-state index in [1.54, 1.807) is 13.3 Å². The summed E-state index contributed by atoms with van der Waals surface area (Å²) in [5, 5.41) is 0. The van der Waals surface area contributed by atoms with E-state index in [1.165, 1.54) is 0 Å². The molecule has 0 radical (unpaired) electrons. The van der Waals surface area contributed by atoms with Crippen molar-refractivity contribution in [3.05, 3.63) is 18.3 Å². The van der Waals surface area contributed by atoms with Crippen molar-refractivity contribution in [3.8, 4) is 5.88 Å². The summed E-state index contributed by atoms with van der Waals surface area (Å²) in [7, 11) is 1.26. The van der Waals surface area contributed by atoms with Crippen LogP contribution in [0, 0.1) is 0 Å². The molecule has 2 heterocycles. The van der Waals surface area contributed by atoms with E-state index in [0.29, 0.717) is 5.88 Å². The second kappa shape index (κ2) is 6.20. The van der Waals surface area contributed by atoms with Gasteiger partial charge in [0.05, 0.1) is 18.8 Å². The molecule has 5 heteroatoms. The molecule has 0 aliphatic carbocycles. The molecule has 1 atom stereocenters. The molecule has 0 saturated carbocycles. The maximum absolute atomic E-state index is 5.84. The van der Waals surface area contributed by atoms with Crippen LogP contribution >= 0.6 is 0 Å². The Morgan fingerprint density at radius 1 is 1.39 bits per heavy atom. The number of nitrogens with zero attached hydrogens (tertiary/aromatic N) is 1. The predicted octanol–water partition coefficient (Wildman–Crippen LogP) is 2.03. The minimum absolute atomic E-state index is 0.0664. The highest BCUT2D eigenvalue weighted by molar-refractivity contribution is 6.62. The van der Waals surface area contributed by atoms with Crippen LogP contribution in [0.3, 0.4) is 0 Å². The first-order chi connectivity index (χ1) is 8.53. The van der Waals surface area contributed by atoms with Crippen molar-refractivity contribution in [1.29, 1.82) is 0 Å². The molecular weight excluding hydrogens is 229 g/mol. The molecule has 1 aromatic heterocycles. The third-order valence-electron chi connectivity index (χ3n) is 2.96. The van der Waals surface area contributed by atoms with Gasteiger partial charge in [0.15, 0.2) is 0 Å². The second-order valence-electron chi connectivity index (χ2n) is 4.46. The van der Waals surface area contributed by atoms with Crippen LogP contribution in [0.5, 0.6) is 5.88 Å². The molecule has 18 heavy (non-hydrogen) atoms. The number of ether oxygens (including phenoxy) is 1. The molecule has 4 nitrogen and oxygen atoms in total. The first-order valence-corrected chi connectivity index (χ1v) is 6.36. The Labute approximate surface area is 110 Å². The molecule has 1 aliphatic rings. The summed E-state index contributed by atoms with van der Waals surface area (Å²) in [6.45, 7) is 10.1. The Morgan fingerprint density at radius 3 is 2.56 bits per heavy atom. The van der Waals surface area contributed by atoms with Crippen LogP contribution in [0.4, 0.5) is 0 Å². The minimum Gasteiger partial charge on any atom is -0.481 e. The van der Waals surface area contributed by atoms with Crippen LogP contribution < -0.4 is 10.2 Å². The molecular formula is C13H22BNO3. The first-order valence-electron chi connectivity index (χ1n) is 6.36. The molecule has 0 bridgehead atoms. The highest BCUT2D eigenvalue weighted by Gasteiger charge is 2.43. The first kappa shape index (κ1) is 15.0.